The molecule has 14 heteroatoms. The van der Waals surface area contributed by atoms with Crippen molar-refractivity contribution in [3.63, 3.8) is 0 Å². The molecule has 0 aromatic rings. The summed E-state index contributed by atoms with van der Waals surface area (Å²) in [5.41, 5.74) is 0. The number of carbonyl (C=O) groups excluding carboxylic acids is 1. The van der Waals surface area contributed by atoms with Gasteiger partial charge in [-0.1, -0.05) is 179 Å². The van der Waals surface area contributed by atoms with Gasteiger partial charge in [-0.05, 0) is 32.1 Å². The predicted octanol–water partition coefficient (Wildman–Crippen LogP) is 7.52. The van der Waals surface area contributed by atoms with Crippen molar-refractivity contribution in [1.82, 2.24) is 5.32 Å². The molecule has 7 N–H and O–H groups in total. The Balaban J connectivity index is 2.64. The third-order valence-corrected chi connectivity index (χ3v) is 11.3. The lowest BCUT2D eigenvalue weighted by Crippen LogP contribution is -2.61. The van der Waals surface area contributed by atoms with Crippen molar-refractivity contribution in [2.75, 3.05) is 13.2 Å². The second-order valence-electron chi connectivity index (χ2n) is 16.1. The summed E-state index contributed by atoms with van der Waals surface area (Å²) in [4.78, 5) is 13.1. The van der Waals surface area contributed by atoms with Gasteiger partial charge < -0.3 is 40.3 Å². The number of aliphatic hydroxyl groups is 5. The minimum atomic E-state index is -5.12. The first-order chi connectivity index (χ1) is 27.9. The van der Waals surface area contributed by atoms with Crippen molar-refractivity contribution in [1.29, 1.82) is 0 Å². The van der Waals surface area contributed by atoms with Crippen LogP contribution in [0.25, 0.3) is 0 Å². The molecule has 1 aliphatic rings. The van der Waals surface area contributed by atoms with Gasteiger partial charge in [0.25, 0.3) is 0 Å². The van der Waals surface area contributed by atoms with Gasteiger partial charge in [0.1, 0.15) is 30.5 Å². The average Bonchev–Trinajstić information content (AvgIpc) is 3.19. The highest BCUT2D eigenvalue weighted by atomic mass is 32.3. The third kappa shape index (κ3) is 27.4. The molecule has 0 saturated carbocycles. The number of hydrogen-bond acceptors (Lipinski definition) is 11. The van der Waals surface area contributed by atoms with E-state index in [1.54, 1.807) is 6.08 Å². The van der Waals surface area contributed by atoms with E-state index < -0.39 is 78.5 Å². The number of aliphatic hydroxyl groups excluding tert-OH is 5. The van der Waals surface area contributed by atoms with Crippen LogP contribution in [0.5, 0.6) is 0 Å². The van der Waals surface area contributed by atoms with E-state index in [9.17, 15) is 38.7 Å². The molecular formula is C44H83NO12S. The minimum Gasteiger partial charge on any atom is -0.394 e. The molecule has 0 spiro atoms. The van der Waals surface area contributed by atoms with E-state index >= 15 is 0 Å². The van der Waals surface area contributed by atoms with Gasteiger partial charge in [0, 0.05) is 0 Å². The molecule has 1 fully saturated rings. The molecule has 0 aliphatic carbocycles. The van der Waals surface area contributed by atoms with Crippen molar-refractivity contribution < 1.29 is 57.0 Å². The summed E-state index contributed by atoms with van der Waals surface area (Å²) in [5, 5.41) is 55.1. The molecule has 0 radical (unpaired) electrons. The Bertz CT molecular complexity index is 1160. The summed E-state index contributed by atoms with van der Waals surface area (Å²) in [6.45, 7) is 3.19. The monoisotopic (exact) mass is 850 g/mol. The van der Waals surface area contributed by atoms with E-state index in [1.807, 2.05) is 0 Å². The van der Waals surface area contributed by atoms with Gasteiger partial charge in [-0.25, -0.2) is 4.18 Å². The van der Waals surface area contributed by atoms with E-state index in [0.29, 0.717) is 12.8 Å². The van der Waals surface area contributed by atoms with Crippen LogP contribution in [0.15, 0.2) is 24.3 Å². The molecule has 0 aromatic heterocycles. The Labute approximate surface area is 351 Å². The molecule has 1 amide bonds. The van der Waals surface area contributed by atoms with E-state index in [2.05, 4.69) is 35.5 Å². The maximum absolute atomic E-state index is 13.1. The molecule has 13 nitrogen and oxygen atoms in total. The lowest BCUT2D eigenvalue weighted by molar-refractivity contribution is -0.298. The minimum absolute atomic E-state index is 0.240. The van der Waals surface area contributed by atoms with Crippen molar-refractivity contribution in [3.8, 4) is 0 Å². The summed E-state index contributed by atoms with van der Waals surface area (Å²) in [6.07, 6.45) is 26.9. The second kappa shape index (κ2) is 35.2. The topological polar surface area (TPSA) is 212 Å². The fourth-order valence-corrected chi connectivity index (χ4v) is 7.69. The van der Waals surface area contributed by atoms with Gasteiger partial charge >= 0.3 is 10.4 Å². The molecule has 8 unspecified atom stereocenters. The van der Waals surface area contributed by atoms with Crippen LogP contribution in [-0.2, 0) is 28.9 Å². The first-order valence-electron chi connectivity index (χ1n) is 22.8. The molecular weight excluding hydrogens is 767 g/mol. The van der Waals surface area contributed by atoms with Gasteiger partial charge in [0.15, 0.2) is 6.29 Å². The van der Waals surface area contributed by atoms with Crippen molar-refractivity contribution in [3.05, 3.63) is 24.3 Å². The number of rotatable bonds is 38. The summed E-state index contributed by atoms with van der Waals surface area (Å²) in [5.74, 6) is -0.712. The molecule has 0 aromatic carbocycles. The fourth-order valence-electron chi connectivity index (χ4n) is 7.18. The maximum atomic E-state index is 13.1. The highest BCUT2D eigenvalue weighted by Gasteiger charge is 2.48. The third-order valence-electron chi connectivity index (χ3n) is 10.8. The Hall–Kier alpha value is -1.46. The summed E-state index contributed by atoms with van der Waals surface area (Å²) >= 11 is 0. The zero-order valence-electron chi connectivity index (χ0n) is 36.0. The average molecular weight is 850 g/mol. The number of ether oxygens (including phenoxy) is 2. The van der Waals surface area contributed by atoms with E-state index in [-0.39, 0.29) is 6.42 Å². The van der Waals surface area contributed by atoms with Crippen molar-refractivity contribution >= 4 is 16.3 Å². The largest absolute Gasteiger partial charge is 0.397 e. The van der Waals surface area contributed by atoms with Gasteiger partial charge in [-0.15, -0.1) is 0 Å². The lowest BCUT2D eigenvalue weighted by atomic mass is 9.99. The van der Waals surface area contributed by atoms with Crippen LogP contribution in [-0.4, -0.2) is 107 Å². The summed E-state index contributed by atoms with van der Waals surface area (Å²) < 4.78 is 47.4. The standard InChI is InChI=1S/C44H83NO12S/c1-3-5-7-9-11-13-15-17-18-19-21-22-24-26-28-30-32-37(47)36(35-55-44-41(50)42(57-58(52,53)54)40(49)39(34-46)56-44)45-43(51)38(48)33-31-29-27-25-23-20-16-14-12-10-8-6-4-2/h22,24,30,32,36-42,44,46-50H,3-21,23,25-29,31,33-35H2,1-2H3,(H,45,51)(H,52,53,54)/b24-22+,32-30+. The van der Waals surface area contributed by atoms with Gasteiger partial charge in [-0.3, -0.25) is 9.35 Å². The molecule has 58 heavy (non-hydrogen) atoms. The van der Waals surface area contributed by atoms with Crippen molar-refractivity contribution in [2.24, 2.45) is 0 Å². The molecule has 1 aliphatic heterocycles. The van der Waals surface area contributed by atoms with Crippen LogP contribution in [0, 0.1) is 0 Å². The second-order valence-corrected chi connectivity index (χ2v) is 17.2. The first-order valence-corrected chi connectivity index (χ1v) is 24.2. The molecule has 0 bridgehead atoms. The predicted molar refractivity (Wildman–Crippen MR) is 228 cm³/mol. The number of carbonyl (C=O) groups is 1. The summed E-state index contributed by atoms with van der Waals surface area (Å²) in [6, 6.07) is -1.13. The Morgan fingerprint density at radius 3 is 1.66 bits per heavy atom. The van der Waals surface area contributed by atoms with Crippen LogP contribution in [0.2, 0.25) is 0 Å². The van der Waals surface area contributed by atoms with Gasteiger partial charge in [0.05, 0.1) is 25.4 Å². The molecule has 1 heterocycles. The highest BCUT2D eigenvalue weighted by molar-refractivity contribution is 7.80. The van der Waals surface area contributed by atoms with Crippen LogP contribution >= 0.6 is 0 Å². The lowest BCUT2D eigenvalue weighted by Gasteiger charge is -2.41. The van der Waals surface area contributed by atoms with Crippen LogP contribution in [0.3, 0.4) is 0 Å². The fraction of sp³-hybridized carbons (Fsp3) is 0.886. The quantitative estimate of drug-likeness (QED) is 0.0183. The summed E-state index contributed by atoms with van der Waals surface area (Å²) in [7, 11) is -5.12. The van der Waals surface area contributed by atoms with E-state index in [4.69, 9.17) is 14.0 Å². The smallest absolute Gasteiger partial charge is 0.394 e. The van der Waals surface area contributed by atoms with Crippen molar-refractivity contribution in [2.45, 2.75) is 236 Å². The van der Waals surface area contributed by atoms with Crippen LogP contribution in [0.1, 0.15) is 187 Å². The molecule has 1 rings (SSSR count). The van der Waals surface area contributed by atoms with Gasteiger partial charge in [-0.2, -0.15) is 8.42 Å². The molecule has 8 atom stereocenters. The zero-order valence-corrected chi connectivity index (χ0v) is 36.8. The number of amides is 1. The number of hydrogen-bond donors (Lipinski definition) is 7. The maximum Gasteiger partial charge on any atom is 0.397 e. The molecule has 342 valence electrons. The Morgan fingerprint density at radius 2 is 1.16 bits per heavy atom. The number of unbranched alkanes of at least 4 members (excludes halogenated alkanes) is 23. The number of nitrogens with one attached hydrogen (secondary N) is 1. The Morgan fingerprint density at radius 1 is 0.690 bits per heavy atom. The molecule has 1 saturated heterocycles. The van der Waals surface area contributed by atoms with Crippen LogP contribution < -0.4 is 5.32 Å². The van der Waals surface area contributed by atoms with E-state index in [1.165, 1.54) is 122 Å². The highest BCUT2D eigenvalue weighted by Crippen LogP contribution is 2.26. The van der Waals surface area contributed by atoms with E-state index in [0.717, 1.165) is 38.5 Å². The SMILES string of the molecule is CCCCCCCCCCCC/C=C/CC/C=C/C(O)C(COC1OC(CO)C(O)C(OS(=O)(=O)O)C1O)NC(=O)C(O)CCCCCCCCCCCCCCC. The first kappa shape index (κ1) is 54.6. The zero-order chi connectivity index (χ0) is 42.9. The number of allylic oxidation sites excluding steroid dienone is 3. The van der Waals surface area contributed by atoms with Gasteiger partial charge in [0.2, 0.25) is 5.91 Å². The van der Waals surface area contributed by atoms with Crippen LogP contribution in [0.4, 0.5) is 0 Å². The Kier molecular flexibility index (Phi) is 33.1. The normalized spacial score (nSPS) is 21.8.